The van der Waals surface area contributed by atoms with Gasteiger partial charge in [0.05, 0.1) is 24.7 Å². The molecule has 0 unspecified atom stereocenters. The monoisotopic (exact) mass is 440 g/mol. The Hall–Kier alpha value is -2.78. The van der Waals surface area contributed by atoms with Crippen molar-refractivity contribution in [2.45, 2.75) is 11.3 Å². The van der Waals surface area contributed by atoms with Gasteiger partial charge in [0.2, 0.25) is 0 Å². The summed E-state index contributed by atoms with van der Waals surface area (Å²) in [6.07, 6.45) is -0.504. The maximum absolute atomic E-state index is 12.3. The van der Waals surface area contributed by atoms with Crippen molar-refractivity contribution in [3.63, 3.8) is 0 Å². The van der Waals surface area contributed by atoms with Crippen molar-refractivity contribution in [3.8, 4) is 5.75 Å². The second-order valence-corrected chi connectivity index (χ2v) is 8.34. The topological polar surface area (TPSA) is 102 Å². The summed E-state index contributed by atoms with van der Waals surface area (Å²) in [7, 11) is -0.299. The summed E-state index contributed by atoms with van der Waals surface area (Å²) in [6, 6.07) is 10.8. The molecule has 0 bridgehead atoms. The third-order valence-corrected chi connectivity index (χ3v) is 6.09. The van der Waals surface area contributed by atoms with E-state index in [9.17, 15) is 18.0 Å². The lowest BCUT2D eigenvalue weighted by atomic mass is 10.1. The molecule has 0 atom stereocenters. The average Bonchev–Trinajstić information content (AvgIpc) is 2.72. The van der Waals surface area contributed by atoms with Gasteiger partial charge in [0.25, 0.3) is 15.9 Å². The molecule has 0 aliphatic rings. The first-order chi connectivity index (χ1) is 13.7. The third-order valence-electron chi connectivity index (χ3n) is 4.12. The molecule has 2 aromatic rings. The van der Waals surface area contributed by atoms with Crippen LogP contribution in [0.5, 0.6) is 5.75 Å². The van der Waals surface area contributed by atoms with Crippen LogP contribution < -0.4 is 10.1 Å². The lowest BCUT2D eigenvalue weighted by Crippen LogP contribution is -2.33. The maximum Gasteiger partial charge on any atom is 0.423 e. The number of halogens is 1. The number of carbonyl (C=O) groups is 2. The molecule has 0 fully saturated rings. The molecular weight excluding hydrogens is 420 g/mol. The minimum atomic E-state index is -3.99. The molecule has 2 aromatic carbocycles. The first kappa shape index (κ1) is 22.5. The number of benzene rings is 2. The van der Waals surface area contributed by atoms with Crippen molar-refractivity contribution in [2.75, 3.05) is 27.8 Å². The Bertz CT molecular complexity index is 992. The van der Waals surface area contributed by atoms with E-state index in [4.69, 9.17) is 16.3 Å². The normalized spacial score (nSPS) is 10.9. The molecule has 0 saturated carbocycles. The van der Waals surface area contributed by atoms with Gasteiger partial charge in [-0.25, -0.2) is 17.5 Å². The van der Waals surface area contributed by atoms with Crippen LogP contribution in [0.1, 0.15) is 15.9 Å². The van der Waals surface area contributed by atoms with Gasteiger partial charge >= 0.3 is 6.09 Å². The zero-order chi connectivity index (χ0) is 21.6. The smallest absolute Gasteiger partial charge is 0.423 e. The van der Waals surface area contributed by atoms with E-state index in [0.29, 0.717) is 33.6 Å². The highest BCUT2D eigenvalue weighted by Gasteiger charge is 2.26. The summed E-state index contributed by atoms with van der Waals surface area (Å²) < 4.78 is 34.8. The lowest BCUT2D eigenvalue weighted by molar-refractivity contribution is 0.0951. The number of sulfonamides is 1. The van der Waals surface area contributed by atoms with Crippen molar-refractivity contribution in [1.29, 1.82) is 0 Å². The zero-order valence-corrected chi connectivity index (χ0v) is 17.7. The minimum Gasteiger partial charge on any atom is -0.496 e. The Morgan fingerprint density at radius 1 is 1.10 bits per heavy atom. The zero-order valence-electron chi connectivity index (χ0n) is 16.1. The van der Waals surface area contributed by atoms with E-state index >= 15 is 0 Å². The van der Waals surface area contributed by atoms with E-state index in [-0.39, 0.29) is 10.8 Å². The summed E-state index contributed by atoms with van der Waals surface area (Å²) in [6.45, 7) is 0.322. The quantitative estimate of drug-likeness (QED) is 0.710. The summed E-state index contributed by atoms with van der Waals surface area (Å²) in [5.41, 5.74) is 1.13. The van der Waals surface area contributed by atoms with E-state index in [1.165, 1.54) is 25.3 Å². The highest BCUT2D eigenvalue weighted by atomic mass is 35.5. The number of nitrogens with one attached hydrogen (secondary N) is 1. The van der Waals surface area contributed by atoms with Gasteiger partial charge in [-0.3, -0.25) is 4.79 Å². The van der Waals surface area contributed by atoms with Gasteiger partial charge in [0.1, 0.15) is 5.75 Å². The van der Waals surface area contributed by atoms with Crippen LogP contribution >= 0.6 is 11.6 Å². The fourth-order valence-electron chi connectivity index (χ4n) is 2.49. The van der Waals surface area contributed by atoms with Crippen LogP contribution in [0.2, 0.25) is 5.02 Å². The van der Waals surface area contributed by atoms with Crippen molar-refractivity contribution < 1.29 is 27.5 Å². The molecule has 2 amide bonds. The standard InChI is InChI=1S/C19H21ClN2O6S/c1-22(19(24)28-3)29(25,26)15-7-4-13(5-8-15)10-11-21-18(23)16-12-14(20)6-9-17(16)27-2/h4-9,12H,10-11H2,1-3H3,(H,21,23). The predicted octanol–water partition coefficient (Wildman–Crippen LogP) is 2.71. The number of methoxy groups -OCH3 is 2. The summed E-state index contributed by atoms with van der Waals surface area (Å²) in [4.78, 5) is 23.8. The second kappa shape index (κ2) is 9.62. The molecule has 0 aliphatic heterocycles. The molecular formula is C19H21ClN2O6S. The van der Waals surface area contributed by atoms with Crippen LogP contribution in [0, 0.1) is 0 Å². The molecule has 0 radical (unpaired) electrons. The van der Waals surface area contributed by atoms with Crippen LogP contribution in [-0.4, -0.2) is 52.5 Å². The molecule has 156 valence electrons. The van der Waals surface area contributed by atoms with E-state index < -0.39 is 16.1 Å². The number of hydrogen-bond acceptors (Lipinski definition) is 6. The van der Waals surface area contributed by atoms with E-state index in [0.717, 1.165) is 19.7 Å². The van der Waals surface area contributed by atoms with Crippen LogP contribution in [0.3, 0.4) is 0 Å². The lowest BCUT2D eigenvalue weighted by Gasteiger charge is -2.16. The van der Waals surface area contributed by atoms with Crippen LogP contribution in [0.25, 0.3) is 0 Å². The van der Waals surface area contributed by atoms with Gasteiger partial charge in [-0.1, -0.05) is 23.7 Å². The van der Waals surface area contributed by atoms with Crippen LogP contribution in [0.4, 0.5) is 4.79 Å². The number of nitrogens with zero attached hydrogens (tertiary/aromatic N) is 1. The first-order valence-corrected chi connectivity index (χ1v) is 10.3. The Morgan fingerprint density at radius 2 is 1.76 bits per heavy atom. The summed E-state index contributed by atoms with van der Waals surface area (Å²) in [5, 5.41) is 3.19. The van der Waals surface area contributed by atoms with Gasteiger partial charge in [0, 0.05) is 18.6 Å². The third kappa shape index (κ3) is 5.39. The Labute approximate surface area is 174 Å². The Kier molecular flexibility index (Phi) is 7.46. The van der Waals surface area contributed by atoms with E-state index in [1.807, 2.05) is 0 Å². The Balaban J connectivity index is 2.00. The molecule has 0 saturated heterocycles. The first-order valence-electron chi connectivity index (χ1n) is 8.48. The molecule has 0 aliphatic carbocycles. The van der Waals surface area contributed by atoms with E-state index in [2.05, 4.69) is 10.1 Å². The molecule has 8 nitrogen and oxygen atoms in total. The molecule has 29 heavy (non-hydrogen) atoms. The number of amides is 2. The number of ether oxygens (including phenoxy) is 2. The molecule has 0 aromatic heterocycles. The van der Waals surface area contributed by atoms with Gasteiger partial charge in [-0.2, -0.15) is 0 Å². The fraction of sp³-hybridized carbons (Fsp3) is 0.263. The highest BCUT2D eigenvalue weighted by Crippen LogP contribution is 2.22. The summed E-state index contributed by atoms with van der Waals surface area (Å²) >= 11 is 5.93. The molecule has 2 rings (SSSR count). The second-order valence-electron chi connectivity index (χ2n) is 5.94. The van der Waals surface area contributed by atoms with Gasteiger partial charge in [-0.05, 0) is 42.3 Å². The van der Waals surface area contributed by atoms with Crippen LogP contribution in [-0.2, 0) is 21.2 Å². The highest BCUT2D eigenvalue weighted by molar-refractivity contribution is 7.89. The minimum absolute atomic E-state index is 0.0400. The largest absolute Gasteiger partial charge is 0.496 e. The average molecular weight is 441 g/mol. The molecule has 1 N–H and O–H groups in total. The van der Waals surface area contributed by atoms with Gasteiger partial charge in [0.15, 0.2) is 0 Å². The van der Waals surface area contributed by atoms with Crippen LogP contribution in [0.15, 0.2) is 47.4 Å². The van der Waals surface area contributed by atoms with Crippen molar-refractivity contribution in [1.82, 2.24) is 9.62 Å². The summed E-state index contributed by atoms with van der Waals surface area (Å²) in [5.74, 6) is 0.0828. The van der Waals surface area contributed by atoms with Crippen molar-refractivity contribution in [3.05, 3.63) is 58.6 Å². The Morgan fingerprint density at radius 3 is 2.34 bits per heavy atom. The maximum atomic E-state index is 12.3. The number of rotatable bonds is 7. The molecule has 0 spiro atoms. The molecule has 0 heterocycles. The fourth-order valence-corrected chi connectivity index (χ4v) is 3.73. The van der Waals surface area contributed by atoms with E-state index in [1.54, 1.807) is 24.3 Å². The SMILES string of the molecule is COC(=O)N(C)S(=O)(=O)c1ccc(CCNC(=O)c2cc(Cl)ccc2OC)cc1. The predicted molar refractivity (Wildman–Crippen MR) is 108 cm³/mol. The van der Waals surface area contributed by atoms with Crippen molar-refractivity contribution in [2.24, 2.45) is 0 Å². The molecule has 10 heteroatoms. The number of carbonyl (C=O) groups excluding carboxylic acids is 2. The van der Waals surface area contributed by atoms with Gasteiger partial charge in [-0.15, -0.1) is 0 Å². The number of hydrogen-bond donors (Lipinski definition) is 1. The van der Waals surface area contributed by atoms with Crippen molar-refractivity contribution >= 4 is 33.6 Å². The van der Waals surface area contributed by atoms with Gasteiger partial charge < -0.3 is 14.8 Å².